The number of hydrogen-bond acceptors (Lipinski definition) is 1. The molecule has 3 nitrogen and oxygen atoms in total. The summed E-state index contributed by atoms with van der Waals surface area (Å²) in [6, 6.07) is 8.32. The van der Waals surface area contributed by atoms with Crippen LogP contribution in [0.5, 0.6) is 0 Å². The van der Waals surface area contributed by atoms with Gasteiger partial charge < -0.3 is 9.88 Å². The van der Waals surface area contributed by atoms with Gasteiger partial charge in [-0.1, -0.05) is 32.0 Å². The minimum absolute atomic E-state index is 0.140. The Morgan fingerprint density at radius 1 is 1.32 bits per heavy atom. The van der Waals surface area contributed by atoms with Crippen molar-refractivity contribution in [2.45, 2.75) is 26.7 Å². The van der Waals surface area contributed by atoms with E-state index in [1.807, 2.05) is 19.2 Å². The van der Waals surface area contributed by atoms with Crippen molar-refractivity contribution in [3.05, 3.63) is 36.0 Å². The summed E-state index contributed by atoms with van der Waals surface area (Å²) >= 11 is 0. The number of amides is 1. The van der Waals surface area contributed by atoms with Crippen molar-refractivity contribution in [2.75, 3.05) is 6.54 Å². The summed E-state index contributed by atoms with van der Waals surface area (Å²) in [6.07, 6.45) is 3.48. The van der Waals surface area contributed by atoms with Gasteiger partial charge in [0.05, 0.1) is 0 Å². The number of aromatic nitrogens is 1. The van der Waals surface area contributed by atoms with Gasteiger partial charge in [-0.15, -0.1) is 0 Å². The number of nitrogens with zero attached hydrogens (tertiary/aromatic N) is 1. The van der Waals surface area contributed by atoms with Crippen LogP contribution in [0.4, 0.5) is 0 Å². The molecule has 0 aliphatic carbocycles. The van der Waals surface area contributed by atoms with Gasteiger partial charge in [0.1, 0.15) is 0 Å². The highest BCUT2D eigenvalue weighted by molar-refractivity contribution is 5.84. The fraction of sp³-hybridized carbons (Fsp3) is 0.438. The van der Waals surface area contributed by atoms with E-state index in [-0.39, 0.29) is 5.91 Å². The first-order valence-corrected chi connectivity index (χ1v) is 6.87. The maximum Gasteiger partial charge on any atom is 0.220 e. The summed E-state index contributed by atoms with van der Waals surface area (Å²) in [5.74, 6) is 0.642. The Labute approximate surface area is 114 Å². The number of aryl methyl sites for hydroxylation is 2. The summed E-state index contributed by atoms with van der Waals surface area (Å²) in [4.78, 5) is 11.7. The van der Waals surface area contributed by atoms with Crippen molar-refractivity contribution in [3.63, 3.8) is 0 Å². The quantitative estimate of drug-likeness (QED) is 0.879. The first kappa shape index (κ1) is 13.7. The number of carbonyl (C=O) groups is 1. The van der Waals surface area contributed by atoms with E-state index in [4.69, 9.17) is 0 Å². The minimum Gasteiger partial charge on any atom is -0.356 e. The molecule has 0 fully saturated rings. The predicted octanol–water partition coefficient (Wildman–Crippen LogP) is 2.88. The third-order valence-electron chi connectivity index (χ3n) is 3.31. The lowest BCUT2D eigenvalue weighted by Gasteiger charge is -2.07. The van der Waals surface area contributed by atoms with Crippen molar-refractivity contribution in [1.29, 1.82) is 0 Å². The molecular formula is C16H22N2O. The van der Waals surface area contributed by atoms with Crippen LogP contribution in [-0.4, -0.2) is 17.0 Å². The van der Waals surface area contributed by atoms with Crippen molar-refractivity contribution in [2.24, 2.45) is 13.0 Å². The molecule has 0 aliphatic rings. The van der Waals surface area contributed by atoms with Crippen LogP contribution >= 0.6 is 0 Å². The van der Waals surface area contributed by atoms with Crippen LogP contribution in [0.1, 0.15) is 25.8 Å². The average molecular weight is 258 g/mol. The van der Waals surface area contributed by atoms with Crippen LogP contribution in [0.2, 0.25) is 0 Å². The molecular weight excluding hydrogens is 236 g/mol. The van der Waals surface area contributed by atoms with Gasteiger partial charge in [-0.3, -0.25) is 4.79 Å². The van der Waals surface area contributed by atoms with E-state index in [2.05, 4.69) is 42.1 Å². The highest BCUT2D eigenvalue weighted by atomic mass is 16.1. The zero-order chi connectivity index (χ0) is 13.8. The number of carbonyl (C=O) groups excluding carboxylic acids is 1. The van der Waals surface area contributed by atoms with Gasteiger partial charge in [0.2, 0.25) is 5.91 Å². The molecule has 2 aromatic rings. The zero-order valence-corrected chi connectivity index (χ0v) is 11.9. The molecule has 1 aromatic carbocycles. The van der Waals surface area contributed by atoms with E-state index in [9.17, 15) is 4.79 Å². The summed E-state index contributed by atoms with van der Waals surface area (Å²) in [6.45, 7) is 4.96. The van der Waals surface area contributed by atoms with Crippen molar-refractivity contribution in [1.82, 2.24) is 9.88 Å². The number of hydrogen-bond donors (Lipinski definition) is 1. The number of fused-ring (bicyclic) bond motifs is 1. The Balaban J connectivity index is 2.00. The van der Waals surface area contributed by atoms with E-state index in [0.717, 1.165) is 13.0 Å². The second kappa shape index (κ2) is 5.91. The van der Waals surface area contributed by atoms with Crippen molar-refractivity contribution in [3.8, 4) is 0 Å². The second-order valence-corrected chi connectivity index (χ2v) is 5.48. The Bertz CT molecular complexity index is 569. The van der Waals surface area contributed by atoms with Gasteiger partial charge in [0.25, 0.3) is 0 Å². The summed E-state index contributed by atoms with van der Waals surface area (Å²) in [7, 11) is 2.05. The molecule has 0 radical (unpaired) electrons. The van der Waals surface area contributed by atoms with Crippen LogP contribution in [-0.2, 0) is 18.3 Å². The third-order valence-corrected chi connectivity index (χ3v) is 3.31. The topological polar surface area (TPSA) is 34.0 Å². The van der Waals surface area contributed by atoms with Gasteiger partial charge in [-0.2, -0.15) is 0 Å². The number of rotatable bonds is 5. The highest BCUT2D eigenvalue weighted by Gasteiger charge is 2.08. The molecule has 0 bridgehead atoms. The summed E-state index contributed by atoms with van der Waals surface area (Å²) in [5, 5.41) is 4.21. The molecule has 2 rings (SSSR count). The second-order valence-electron chi connectivity index (χ2n) is 5.48. The molecule has 1 aromatic heterocycles. The molecule has 19 heavy (non-hydrogen) atoms. The molecule has 3 heteroatoms. The monoisotopic (exact) mass is 258 g/mol. The summed E-state index contributed by atoms with van der Waals surface area (Å²) in [5.41, 5.74) is 2.47. The Hall–Kier alpha value is -1.77. The van der Waals surface area contributed by atoms with Crippen LogP contribution in [0.25, 0.3) is 10.9 Å². The smallest absolute Gasteiger partial charge is 0.220 e. The van der Waals surface area contributed by atoms with E-state index >= 15 is 0 Å². The fourth-order valence-corrected chi connectivity index (χ4v) is 2.28. The standard InChI is InChI=1S/C16H22N2O/c1-12(2)10-17-16(19)9-8-13-11-18(3)15-7-5-4-6-14(13)15/h4-7,11-12H,8-10H2,1-3H3,(H,17,19). The minimum atomic E-state index is 0.140. The first-order chi connectivity index (χ1) is 9.08. The molecule has 0 aliphatic heterocycles. The van der Waals surface area contributed by atoms with Gasteiger partial charge in [0.15, 0.2) is 0 Å². The van der Waals surface area contributed by atoms with Gasteiger partial charge >= 0.3 is 0 Å². The highest BCUT2D eigenvalue weighted by Crippen LogP contribution is 2.21. The van der Waals surface area contributed by atoms with E-state index in [1.165, 1.54) is 16.5 Å². The van der Waals surface area contributed by atoms with Crippen LogP contribution in [0.3, 0.4) is 0 Å². The lowest BCUT2D eigenvalue weighted by Crippen LogP contribution is -2.27. The van der Waals surface area contributed by atoms with Crippen LogP contribution in [0, 0.1) is 5.92 Å². The largest absolute Gasteiger partial charge is 0.356 e. The lowest BCUT2D eigenvalue weighted by atomic mass is 10.1. The summed E-state index contributed by atoms with van der Waals surface area (Å²) < 4.78 is 2.12. The SMILES string of the molecule is CC(C)CNC(=O)CCc1cn(C)c2ccccc12. The Morgan fingerprint density at radius 3 is 2.79 bits per heavy atom. The number of nitrogens with one attached hydrogen (secondary N) is 1. The van der Waals surface area contributed by atoms with Crippen molar-refractivity contribution >= 4 is 16.8 Å². The first-order valence-electron chi connectivity index (χ1n) is 6.87. The van der Waals surface area contributed by atoms with Gasteiger partial charge in [-0.25, -0.2) is 0 Å². The Morgan fingerprint density at radius 2 is 2.05 bits per heavy atom. The zero-order valence-electron chi connectivity index (χ0n) is 11.9. The normalized spacial score (nSPS) is 11.2. The fourth-order valence-electron chi connectivity index (χ4n) is 2.28. The molecule has 1 N–H and O–H groups in total. The third kappa shape index (κ3) is 3.37. The molecule has 102 valence electrons. The lowest BCUT2D eigenvalue weighted by molar-refractivity contribution is -0.121. The van der Waals surface area contributed by atoms with Crippen LogP contribution in [0.15, 0.2) is 30.5 Å². The van der Waals surface area contributed by atoms with Crippen LogP contribution < -0.4 is 5.32 Å². The number of benzene rings is 1. The van der Waals surface area contributed by atoms with E-state index in [0.29, 0.717) is 12.3 Å². The Kier molecular flexibility index (Phi) is 4.25. The molecule has 0 saturated heterocycles. The number of para-hydroxylation sites is 1. The van der Waals surface area contributed by atoms with Gasteiger partial charge in [0, 0.05) is 37.1 Å². The van der Waals surface area contributed by atoms with E-state index < -0.39 is 0 Å². The molecule has 0 spiro atoms. The van der Waals surface area contributed by atoms with Gasteiger partial charge in [-0.05, 0) is 24.0 Å². The average Bonchev–Trinajstić information content (AvgIpc) is 2.71. The molecule has 0 saturated carbocycles. The molecule has 1 amide bonds. The maximum atomic E-state index is 11.7. The molecule has 0 atom stereocenters. The molecule has 1 heterocycles. The van der Waals surface area contributed by atoms with E-state index in [1.54, 1.807) is 0 Å². The molecule has 0 unspecified atom stereocenters. The van der Waals surface area contributed by atoms with Crippen molar-refractivity contribution < 1.29 is 4.79 Å². The maximum absolute atomic E-state index is 11.7. The predicted molar refractivity (Wildman–Crippen MR) is 79.1 cm³/mol.